The van der Waals surface area contributed by atoms with Crippen LogP contribution in [0.3, 0.4) is 0 Å². The zero-order valence-electron chi connectivity index (χ0n) is 10.9. The van der Waals surface area contributed by atoms with Crippen molar-refractivity contribution < 1.29 is 5.11 Å². The molecule has 0 aliphatic rings. The minimum Gasteiger partial charge on any atom is -0.392 e. The summed E-state index contributed by atoms with van der Waals surface area (Å²) in [5.41, 5.74) is 1.70. The Morgan fingerprint density at radius 1 is 1.00 bits per heavy atom. The number of pyridine rings is 1. The molecule has 5 heteroatoms. The molecule has 0 fully saturated rings. The molecule has 1 heterocycles. The minimum atomic E-state index is -0.0541. The number of hydrogen-bond acceptors (Lipinski definition) is 3. The molecule has 0 bridgehead atoms. The van der Waals surface area contributed by atoms with Gasteiger partial charge in [0, 0.05) is 15.8 Å². The van der Waals surface area contributed by atoms with Gasteiger partial charge in [-0.2, -0.15) is 0 Å². The van der Waals surface area contributed by atoms with E-state index in [0.717, 1.165) is 26.4 Å². The summed E-state index contributed by atoms with van der Waals surface area (Å²) in [5, 5.41) is 12.4. The molecule has 0 aliphatic heterocycles. The number of hydrogen-bond donors (Lipinski definition) is 1. The third-order valence-electron chi connectivity index (χ3n) is 3.04. The largest absolute Gasteiger partial charge is 0.392 e. The summed E-state index contributed by atoms with van der Waals surface area (Å²) in [6.07, 6.45) is 0. The first kappa shape index (κ1) is 14.7. The monoisotopic (exact) mass is 335 g/mol. The van der Waals surface area contributed by atoms with E-state index in [0.29, 0.717) is 10.0 Å². The lowest BCUT2D eigenvalue weighted by Crippen LogP contribution is -1.93. The van der Waals surface area contributed by atoms with E-state index >= 15 is 0 Å². The maximum absolute atomic E-state index is 9.55. The molecule has 0 saturated carbocycles. The predicted octanol–water partition coefficient (Wildman–Crippen LogP) is 5.19. The van der Waals surface area contributed by atoms with E-state index in [1.807, 2.05) is 36.4 Å². The van der Waals surface area contributed by atoms with Gasteiger partial charge in [-0.3, -0.25) is 0 Å². The van der Waals surface area contributed by atoms with Crippen LogP contribution in [0.25, 0.3) is 10.9 Å². The molecule has 0 radical (unpaired) electrons. The molecule has 3 rings (SSSR count). The molecule has 1 aromatic heterocycles. The summed E-state index contributed by atoms with van der Waals surface area (Å²) >= 11 is 13.4. The summed E-state index contributed by atoms with van der Waals surface area (Å²) in [6, 6.07) is 15.2. The lowest BCUT2D eigenvalue weighted by atomic mass is 10.2. The van der Waals surface area contributed by atoms with Gasteiger partial charge < -0.3 is 5.11 Å². The fraction of sp³-hybridized carbons (Fsp3) is 0.0625. The van der Waals surface area contributed by atoms with Crippen molar-refractivity contribution in [3.63, 3.8) is 0 Å². The van der Waals surface area contributed by atoms with E-state index in [-0.39, 0.29) is 6.61 Å². The maximum atomic E-state index is 9.55. The highest BCUT2D eigenvalue weighted by atomic mass is 35.5. The second-order valence-corrected chi connectivity index (χ2v) is 6.36. The average molecular weight is 336 g/mol. The van der Waals surface area contributed by atoms with Gasteiger partial charge in [-0.1, -0.05) is 53.2 Å². The maximum Gasteiger partial charge on any atom is 0.107 e. The molecule has 2 aromatic carbocycles. The second kappa shape index (κ2) is 6.24. The van der Waals surface area contributed by atoms with E-state index in [9.17, 15) is 5.11 Å². The second-order valence-electron chi connectivity index (χ2n) is 4.48. The molecule has 0 saturated heterocycles. The third kappa shape index (κ3) is 3.16. The van der Waals surface area contributed by atoms with Crippen LogP contribution in [-0.2, 0) is 6.61 Å². The van der Waals surface area contributed by atoms with Crippen LogP contribution in [0.15, 0.2) is 58.5 Å². The van der Waals surface area contributed by atoms with Gasteiger partial charge in [0.25, 0.3) is 0 Å². The number of benzene rings is 2. The highest BCUT2D eigenvalue weighted by Crippen LogP contribution is 2.34. The fourth-order valence-electron chi connectivity index (χ4n) is 2.00. The van der Waals surface area contributed by atoms with Crippen molar-refractivity contribution in [2.24, 2.45) is 0 Å². The normalized spacial score (nSPS) is 11.0. The fourth-order valence-corrected chi connectivity index (χ4v) is 3.29. The van der Waals surface area contributed by atoms with Gasteiger partial charge in [0.05, 0.1) is 22.2 Å². The SMILES string of the molecule is OCc1cc2ccccc2nc1Sc1ccc(Cl)c(Cl)c1. The summed E-state index contributed by atoms with van der Waals surface area (Å²) < 4.78 is 0. The van der Waals surface area contributed by atoms with Gasteiger partial charge >= 0.3 is 0 Å². The molecular weight excluding hydrogens is 325 g/mol. The van der Waals surface area contributed by atoms with Crippen LogP contribution < -0.4 is 0 Å². The van der Waals surface area contributed by atoms with Crippen molar-refractivity contribution in [1.82, 2.24) is 4.98 Å². The van der Waals surface area contributed by atoms with Crippen LogP contribution >= 0.6 is 35.0 Å². The number of rotatable bonds is 3. The van der Waals surface area contributed by atoms with Gasteiger partial charge in [0.1, 0.15) is 5.03 Å². The van der Waals surface area contributed by atoms with Crippen molar-refractivity contribution in [1.29, 1.82) is 0 Å². The molecule has 1 N–H and O–H groups in total. The molecule has 0 aliphatic carbocycles. The Labute approximate surface area is 136 Å². The lowest BCUT2D eigenvalue weighted by Gasteiger charge is -2.09. The van der Waals surface area contributed by atoms with E-state index in [1.54, 1.807) is 12.1 Å². The Balaban J connectivity index is 2.04. The minimum absolute atomic E-state index is 0.0541. The number of aliphatic hydroxyl groups excluding tert-OH is 1. The number of para-hydroxylation sites is 1. The van der Waals surface area contributed by atoms with Crippen LogP contribution in [0.4, 0.5) is 0 Å². The smallest absolute Gasteiger partial charge is 0.107 e. The zero-order valence-corrected chi connectivity index (χ0v) is 13.2. The molecule has 0 atom stereocenters. The first-order valence-corrected chi connectivity index (χ1v) is 7.87. The molecule has 0 spiro atoms. The van der Waals surface area contributed by atoms with Crippen molar-refractivity contribution in [2.45, 2.75) is 16.5 Å². The number of halogens is 2. The van der Waals surface area contributed by atoms with Gasteiger partial charge in [0.15, 0.2) is 0 Å². The molecule has 106 valence electrons. The Bertz CT molecular complexity index is 807. The molecule has 0 amide bonds. The highest BCUT2D eigenvalue weighted by Gasteiger charge is 2.09. The highest BCUT2D eigenvalue weighted by molar-refractivity contribution is 7.99. The van der Waals surface area contributed by atoms with Crippen LogP contribution in [0.1, 0.15) is 5.56 Å². The van der Waals surface area contributed by atoms with Gasteiger partial charge in [-0.05, 0) is 30.3 Å². The number of fused-ring (bicyclic) bond motifs is 1. The first-order valence-electron chi connectivity index (χ1n) is 6.30. The molecular formula is C16H11Cl2NOS. The van der Waals surface area contributed by atoms with Gasteiger partial charge in [-0.25, -0.2) is 4.98 Å². The Kier molecular flexibility index (Phi) is 4.36. The van der Waals surface area contributed by atoms with Crippen LogP contribution in [0.2, 0.25) is 10.0 Å². The van der Waals surface area contributed by atoms with Crippen molar-refractivity contribution in [3.05, 3.63) is 64.1 Å². The first-order chi connectivity index (χ1) is 10.2. The average Bonchev–Trinajstić information content (AvgIpc) is 2.50. The molecule has 0 unspecified atom stereocenters. The summed E-state index contributed by atoms with van der Waals surface area (Å²) in [7, 11) is 0. The zero-order chi connectivity index (χ0) is 14.8. The molecule has 21 heavy (non-hydrogen) atoms. The number of aromatic nitrogens is 1. The topological polar surface area (TPSA) is 33.1 Å². The lowest BCUT2D eigenvalue weighted by molar-refractivity contribution is 0.278. The predicted molar refractivity (Wildman–Crippen MR) is 88.3 cm³/mol. The van der Waals surface area contributed by atoms with E-state index in [1.165, 1.54) is 11.8 Å². The quantitative estimate of drug-likeness (QED) is 0.715. The summed E-state index contributed by atoms with van der Waals surface area (Å²) in [4.78, 5) is 5.55. The Morgan fingerprint density at radius 3 is 2.57 bits per heavy atom. The number of aliphatic hydroxyl groups is 1. The van der Waals surface area contributed by atoms with E-state index < -0.39 is 0 Å². The Morgan fingerprint density at radius 2 is 1.81 bits per heavy atom. The Hall–Kier alpha value is -1.26. The van der Waals surface area contributed by atoms with Gasteiger partial charge in [-0.15, -0.1) is 0 Å². The van der Waals surface area contributed by atoms with Crippen LogP contribution in [0, 0.1) is 0 Å². The van der Waals surface area contributed by atoms with E-state index in [4.69, 9.17) is 23.2 Å². The standard InChI is InChI=1S/C16H11Cl2NOS/c17-13-6-5-12(8-14(13)18)21-16-11(9-20)7-10-3-1-2-4-15(10)19-16/h1-8,20H,9H2. The van der Waals surface area contributed by atoms with Crippen molar-refractivity contribution in [2.75, 3.05) is 0 Å². The summed E-state index contributed by atoms with van der Waals surface area (Å²) in [5.74, 6) is 0. The van der Waals surface area contributed by atoms with E-state index in [2.05, 4.69) is 4.98 Å². The van der Waals surface area contributed by atoms with Gasteiger partial charge in [0.2, 0.25) is 0 Å². The molecule has 2 nitrogen and oxygen atoms in total. The molecule has 3 aromatic rings. The van der Waals surface area contributed by atoms with Crippen LogP contribution in [0.5, 0.6) is 0 Å². The van der Waals surface area contributed by atoms with Crippen molar-refractivity contribution in [3.8, 4) is 0 Å². The van der Waals surface area contributed by atoms with Crippen LogP contribution in [-0.4, -0.2) is 10.1 Å². The summed E-state index contributed by atoms with van der Waals surface area (Å²) in [6.45, 7) is -0.0541. The van der Waals surface area contributed by atoms with Crippen molar-refractivity contribution >= 4 is 45.9 Å². The third-order valence-corrected chi connectivity index (χ3v) is 4.81. The number of nitrogens with zero attached hydrogens (tertiary/aromatic N) is 1.